The van der Waals surface area contributed by atoms with Gasteiger partial charge in [0.25, 0.3) is 0 Å². The van der Waals surface area contributed by atoms with Crippen molar-refractivity contribution in [1.29, 1.82) is 5.26 Å². The number of hydrogen-bond acceptors (Lipinski definition) is 2. The van der Waals surface area contributed by atoms with Crippen molar-refractivity contribution in [3.05, 3.63) is 29.8 Å². The number of carbonyl (C=O) groups excluding carboxylic acids is 1. The highest BCUT2D eigenvalue weighted by atomic mass is 79.9. The van der Waals surface area contributed by atoms with E-state index < -0.39 is 0 Å². The maximum absolute atomic E-state index is 10.9. The summed E-state index contributed by atoms with van der Waals surface area (Å²) in [6.07, 6.45) is 0. The van der Waals surface area contributed by atoms with Crippen molar-refractivity contribution in [3.63, 3.8) is 0 Å². The quantitative estimate of drug-likeness (QED) is 0.801. The Bertz CT molecular complexity index is 357. The second-order valence-corrected chi connectivity index (χ2v) is 2.94. The predicted octanol–water partition coefficient (Wildman–Crippen LogP) is 1.89. The summed E-state index contributed by atoms with van der Waals surface area (Å²) < 4.78 is 0. The lowest BCUT2D eigenvalue weighted by Crippen LogP contribution is -2.12. The van der Waals surface area contributed by atoms with Crippen molar-refractivity contribution in [2.24, 2.45) is 0 Å². The molecule has 0 saturated heterocycles. The van der Waals surface area contributed by atoms with E-state index in [1.165, 1.54) is 0 Å². The van der Waals surface area contributed by atoms with Crippen LogP contribution in [0.4, 0.5) is 5.69 Å². The standard InChI is InChI=1S/C9H7BrN2O/c10-5-9(13)12-8-3-1-2-7(4-8)6-11/h1-4H,5H2,(H,12,13). The molecule has 0 radical (unpaired) electrons. The third-order valence-corrected chi connectivity index (χ3v) is 1.91. The molecular weight excluding hydrogens is 232 g/mol. The van der Waals surface area contributed by atoms with Crippen molar-refractivity contribution in [2.45, 2.75) is 0 Å². The lowest BCUT2D eigenvalue weighted by atomic mass is 10.2. The van der Waals surface area contributed by atoms with Crippen molar-refractivity contribution in [3.8, 4) is 6.07 Å². The topological polar surface area (TPSA) is 52.9 Å². The van der Waals surface area contributed by atoms with Gasteiger partial charge in [0.2, 0.25) is 5.91 Å². The summed E-state index contributed by atoms with van der Waals surface area (Å²) in [5.41, 5.74) is 1.18. The molecule has 3 nitrogen and oxygen atoms in total. The number of carbonyl (C=O) groups is 1. The molecule has 66 valence electrons. The van der Waals surface area contributed by atoms with E-state index >= 15 is 0 Å². The smallest absolute Gasteiger partial charge is 0.235 e. The van der Waals surface area contributed by atoms with Gasteiger partial charge in [0, 0.05) is 5.69 Å². The van der Waals surface area contributed by atoms with Crippen LogP contribution in [0.15, 0.2) is 24.3 Å². The van der Waals surface area contributed by atoms with E-state index in [9.17, 15) is 4.79 Å². The monoisotopic (exact) mass is 238 g/mol. The minimum absolute atomic E-state index is 0.130. The Morgan fingerprint density at radius 1 is 1.62 bits per heavy atom. The Balaban J connectivity index is 2.79. The molecule has 0 aromatic heterocycles. The number of nitrogens with zero attached hydrogens (tertiary/aromatic N) is 1. The van der Waals surface area contributed by atoms with E-state index in [-0.39, 0.29) is 11.2 Å². The lowest BCUT2D eigenvalue weighted by Gasteiger charge is -2.01. The van der Waals surface area contributed by atoms with E-state index in [4.69, 9.17) is 5.26 Å². The zero-order valence-electron chi connectivity index (χ0n) is 6.75. The molecule has 1 N–H and O–H groups in total. The molecule has 0 aliphatic heterocycles. The highest BCUT2D eigenvalue weighted by Gasteiger charge is 1.99. The first kappa shape index (κ1) is 9.75. The third kappa shape index (κ3) is 2.88. The molecule has 0 spiro atoms. The van der Waals surface area contributed by atoms with Gasteiger partial charge in [0.1, 0.15) is 0 Å². The van der Waals surface area contributed by atoms with E-state index in [1.54, 1.807) is 24.3 Å². The van der Waals surface area contributed by atoms with E-state index in [1.807, 2.05) is 6.07 Å². The largest absolute Gasteiger partial charge is 0.325 e. The maximum Gasteiger partial charge on any atom is 0.235 e. The fourth-order valence-corrected chi connectivity index (χ4v) is 1.00. The van der Waals surface area contributed by atoms with E-state index in [0.717, 1.165) is 0 Å². The molecule has 1 aromatic rings. The average Bonchev–Trinajstić information content (AvgIpc) is 2.18. The van der Waals surface area contributed by atoms with Gasteiger partial charge in [-0.15, -0.1) is 0 Å². The van der Waals surface area contributed by atoms with Crippen molar-refractivity contribution >= 4 is 27.5 Å². The van der Waals surface area contributed by atoms with Crippen LogP contribution in [0, 0.1) is 11.3 Å². The van der Waals surface area contributed by atoms with Crippen LogP contribution in [0.2, 0.25) is 0 Å². The van der Waals surface area contributed by atoms with Gasteiger partial charge in [-0.25, -0.2) is 0 Å². The molecule has 1 rings (SSSR count). The Hall–Kier alpha value is -1.34. The summed E-state index contributed by atoms with van der Waals surface area (Å²) in [5.74, 6) is -0.130. The Morgan fingerprint density at radius 3 is 3.00 bits per heavy atom. The van der Waals surface area contributed by atoms with Crippen LogP contribution in [-0.4, -0.2) is 11.2 Å². The molecule has 0 bridgehead atoms. The van der Waals surface area contributed by atoms with E-state index in [2.05, 4.69) is 21.2 Å². The van der Waals surface area contributed by atoms with Crippen LogP contribution in [0.1, 0.15) is 5.56 Å². The second kappa shape index (κ2) is 4.63. The molecule has 4 heteroatoms. The van der Waals surface area contributed by atoms with E-state index in [0.29, 0.717) is 11.3 Å². The SMILES string of the molecule is N#Cc1cccc(NC(=O)CBr)c1. The molecule has 13 heavy (non-hydrogen) atoms. The van der Waals surface area contributed by atoms with Gasteiger partial charge in [-0.1, -0.05) is 22.0 Å². The zero-order valence-corrected chi connectivity index (χ0v) is 8.34. The molecule has 0 aliphatic rings. The predicted molar refractivity (Wildman–Crippen MR) is 53.6 cm³/mol. The lowest BCUT2D eigenvalue weighted by molar-refractivity contribution is -0.113. The van der Waals surface area contributed by atoms with Gasteiger partial charge < -0.3 is 5.32 Å². The summed E-state index contributed by atoms with van der Waals surface area (Å²) in [7, 11) is 0. The highest BCUT2D eigenvalue weighted by Crippen LogP contribution is 2.09. The Labute approximate surface area is 84.5 Å². The minimum Gasteiger partial charge on any atom is -0.325 e. The number of hydrogen-bond donors (Lipinski definition) is 1. The fourth-order valence-electron chi connectivity index (χ4n) is 0.861. The number of benzene rings is 1. The van der Waals surface area contributed by atoms with Crippen LogP contribution in [0.3, 0.4) is 0 Å². The second-order valence-electron chi connectivity index (χ2n) is 2.37. The minimum atomic E-state index is -0.130. The molecule has 0 aliphatic carbocycles. The van der Waals surface area contributed by atoms with Crippen LogP contribution in [0.25, 0.3) is 0 Å². The van der Waals surface area contributed by atoms with Crippen LogP contribution >= 0.6 is 15.9 Å². The molecule has 0 atom stereocenters. The first-order valence-corrected chi connectivity index (χ1v) is 4.74. The van der Waals surface area contributed by atoms with Gasteiger partial charge in [0.15, 0.2) is 0 Å². The number of halogens is 1. The Morgan fingerprint density at radius 2 is 2.38 bits per heavy atom. The molecule has 0 heterocycles. The van der Waals surface area contributed by atoms with Crippen molar-refractivity contribution in [1.82, 2.24) is 0 Å². The third-order valence-electron chi connectivity index (χ3n) is 1.40. The molecular formula is C9H7BrN2O. The summed E-state index contributed by atoms with van der Waals surface area (Å²) in [6, 6.07) is 8.77. The van der Waals surface area contributed by atoms with Gasteiger partial charge in [-0.3, -0.25) is 4.79 Å². The van der Waals surface area contributed by atoms with Gasteiger partial charge in [-0.2, -0.15) is 5.26 Å². The number of alkyl halides is 1. The number of nitrogens with one attached hydrogen (secondary N) is 1. The summed E-state index contributed by atoms with van der Waals surface area (Å²) in [4.78, 5) is 10.9. The average molecular weight is 239 g/mol. The fraction of sp³-hybridized carbons (Fsp3) is 0.111. The molecule has 0 unspecified atom stereocenters. The van der Waals surface area contributed by atoms with Gasteiger partial charge in [0.05, 0.1) is 17.0 Å². The van der Waals surface area contributed by atoms with Crippen LogP contribution in [-0.2, 0) is 4.79 Å². The number of anilines is 1. The van der Waals surface area contributed by atoms with Gasteiger partial charge in [-0.05, 0) is 18.2 Å². The number of amides is 1. The van der Waals surface area contributed by atoms with Crippen LogP contribution < -0.4 is 5.32 Å². The van der Waals surface area contributed by atoms with Crippen molar-refractivity contribution in [2.75, 3.05) is 10.6 Å². The first-order chi connectivity index (χ1) is 6.26. The van der Waals surface area contributed by atoms with Gasteiger partial charge >= 0.3 is 0 Å². The number of nitriles is 1. The summed E-state index contributed by atoms with van der Waals surface area (Å²) >= 11 is 3.03. The summed E-state index contributed by atoms with van der Waals surface area (Å²) in [6.45, 7) is 0. The molecule has 0 saturated carbocycles. The first-order valence-electron chi connectivity index (χ1n) is 3.62. The Kier molecular flexibility index (Phi) is 3.47. The molecule has 0 fully saturated rings. The molecule has 1 aromatic carbocycles. The highest BCUT2D eigenvalue weighted by molar-refractivity contribution is 9.09. The zero-order chi connectivity index (χ0) is 9.68. The normalized spacial score (nSPS) is 8.92. The van der Waals surface area contributed by atoms with Crippen LogP contribution in [0.5, 0.6) is 0 Å². The van der Waals surface area contributed by atoms with Crippen molar-refractivity contribution < 1.29 is 4.79 Å². The maximum atomic E-state index is 10.9. The summed E-state index contributed by atoms with van der Waals surface area (Å²) in [5, 5.41) is 11.5. The molecule has 1 amide bonds. The number of rotatable bonds is 2.